The number of pyridine rings is 1. The van der Waals surface area contributed by atoms with Crippen LogP contribution in [0.5, 0.6) is 11.5 Å². The molecule has 0 amide bonds. The van der Waals surface area contributed by atoms with Crippen LogP contribution >= 0.6 is 11.8 Å². The lowest BCUT2D eigenvalue weighted by Crippen LogP contribution is -2.01. The smallest absolute Gasteiger partial charge is 0.172 e. The average molecular weight is 300 g/mol. The summed E-state index contributed by atoms with van der Waals surface area (Å²) in [4.78, 5) is 4.42. The molecular weight excluding hydrogens is 284 g/mol. The van der Waals surface area contributed by atoms with E-state index in [0.717, 1.165) is 27.9 Å². The number of methoxy groups -OCH3 is 1. The van der Waals surface area contributed by atoms with E-state index in [2.05, 4.69) is 9.38 Å². The van der Waals surface area contributed by atoms with Gasteiger partial charge in [-0.15, -0.1) is 0 Å². The molecule has 2 aromatic heterocycles. The summed E-state index contributed by atoms with van der Waals surface area (Å²) in [6, 6.07) is 13.7. The fourth-order valence-electron chi connectivity index (χ4n) is 1.99. The molecule has 1 aromatic carbocycles. The lowest BCUT2D eigenvalue weighted by molar-refractivity contribution is 0.342. The molecule has 0 unspecified atom stereocenters. The Kier molecular flexibility index (Phi) is 4.31. The topological polar surface area (TPSA) is 35.8 Å². The maximum atomic E-state index is 5.70. The van der Waals surface area contributed by atoms with E-state index in [0.29, 0.717) is 6.61 Å². The molecule has 0 saturated heterocycles. The van der Waals surface area contributed by atoms with E-state index < -0.39 is 0 Å². The lowest BCUT2D eigenvalue weighted by Gasteiger charge is -2.06. The van der Waals surface area contributed by atoms with Gasteiger partial charge in [0.25, 0.3) is 0 Å². The first kappa shape index (κ1) is 13.8. The van der Waals surface area contributed by atoms with Gasteiger partial charge in [0.2, 0.25) is 0 Å². The Bertz CT molecular complexity index is 710. The number of hydrogen-bond acceptors (Lipinski definition) is 4. The van der Waals surface area contributed by atoms with Gasteiger partial charge in [-0.05, 0) is 36.4 Å². The molecule has 21 heavy (non-hydrogen) atoms. The molecule has 0 aliphatic rings. The molecule has 0 aliphatic carbocycles. The second-order valence-corrected chi connectivity index (χ2v) is 5.47. The van der Waals surface area contributed by atoms with Gasteiger partial charge in [-0.1, -0.05) is 17.8 Å². The van der Waals surface area contributed by atoms with Crippen molar-refractivity contribution >= 4 is 17.3 Å². The summed E-state index contributed by atoms with van der Waals surface area (Å²) in [6.45, 7) is 0.638. The number of nitrogens with zero attached hydrogens (tertiary/aromatic N) is 2. The van der Waals surface area contributed by atoms with Gasteiger partial charge in [0.05, 0.1) is 25.4 Å². The SMILES string of the molecule is COc1ccc(OCCSc2ncc3ccccn23)cc1. The molecule has 0 aliphatic heterocycles. The van der Waals surface area contributed by atoms with Crippen molar-refractivity contribution in [3.05, 3.63) is 54.9 Å². The highest BCUT2D eigenvalue weighted by atomic mass is 32.2. The van der Waals surface area contributed by atoms with Crippen LogP contribution in [0.1, 0.15) is 0 Å². The van der Waals surface area contributed by atoms with Crippen LogP contribution in [0, 0.1) is 0 Å². The molecule has 3 rings (SSSR count). The summed E-state index contributed by atoms with van der Waals surface area (Å²) in [5.74, 6) is 2.53. The molecule has 108 valence electrons. The van der Waals surface area contributed by atoms with Crippen LogP contribution in [0.3, 0.4) is 0 Å². The molecule has 0 bridgehead atoms. The molecule has 3 aromatic rings. The number of imidazole rings is 1. The maximum absolute atomic E-state index is 5.70. The van der Waals surface area contributed by atoms with Crippen LogP contribution in [0.2, 0.25) is 0 Å². The van der Waals surface area contributed by atoms with Gasteiger partial charge in [-0.25, -0.2) is 4.98 Å². The van der Waals surface area contributed by atoms with Crippen molar-refractivity contribution in [2.75, 3.05) is 19.5 Å². The summed E-state index contributed by atoms with van der Waals surface area (Å²) < 4.78 is 12.9. The standard InChI is InChI=1S/C16H16N2O2S/c1-19-14-5-7-15(8-6-14)20-10-11-21-16-17-12-13-4-2-3-9-18(13)16/h2-9,12H,10-11H2,1H3. The van der Waals surface area contributed by atoms with Crippen molar-refractivity contribution in [3.63, 3.8) is 0 Å². The third-order valence-electron chi connectivity index (χ3n) is 3.05. The van der Waals surface area contributed by atoms with Crippen molar-refractivity contribution in [1.29, 1.82) is 0 Å². The van der Waals surface area contributed by atoms with Crippen LogP contribution in [0.15, 0.2) is 60.0 Å². The zero-order valence-corrected chi connectivity index (χ0v) is 12.5. The zero-order chi connectivity index (χ0) is 14.5. The van der Waals surface area contributed by atoms with E-state index in [1.54, 1.807) is 18.9 Å². The molecule has 0 fully saturated rings. The minimum atomic E-state index is 0.638. The van der Waals surface area contributed by atoms with Crippen LogP contribution in [-0.2, 0) is 0 Å². The Morgan fingerprint density at radius 1 is 1.10 bits per heavy atom. The third kappa shape index (κ3) is 3.31. The van der Waals surface area contributed by atoms with Crippen LogP contribution < -0.4 is 9.47 Å². The van der Waals surface area contributed by atoms with E-state index >= 15 is 0 Å². The summed E-state index contributed by atoms with van der Waals surface area (Å²) >= 11 is 1.69. The van der Waals surface area contributed by atoms with Crippen LogP contribution in [0.4, 0.5) is 0 Å². The summed E-state index contributed by atoms with van der Waals surface area (Å²) in [6.07, 6.45) is 3.90. The highest BCUT2D eigenvalue weighted by Crippen LogP contribution is 2.20. The van der Waals surface area contributed by atoms with E-state index in [-0.39, 0.29) is 0 Å². The minimum Gasteiger partial charge on any atom is -0.497 e. The largest absolute Gasteiger partial charge is 0.497 e. The fraction of sp³-hybridized carbons (Fsp3) is 0.188. The van der Waals surface area contributed by atoms with Crippen molar-refractivity contribution in [1.82, 2.24) is 9.38 Å². The molecule has 4 nitrogen and oxygen atoms in total. The summed E-state index contributed by atoms with van der Waals surface area (Å²) in [5, 5.41) is 0.990. The van der Waals surface area contributed by atoms with E-state index in [9.17, 15) is 0 Å². The zero-order valence-electron chi connectivity index (χ0n) is 11.7. The van der Waals surface area contributed by atoms with Gasteiger partial charge in [0, 0.05) is 11.9 Å². The normalized spacial score (nSPS) is 10.7. The quantitative estimate of drug-likeness (QED) is 0.515. The maximum Gasteiger partial charge on any atom is 0.172 e. The predicted molar refractivity (Wildman–Crippen MR) is 84.4 cm³/mol. The third-order valence-corrected chi connectivity index (χ3v) is 3.98. The van der Waals surface area contributed by atoms with E-state index in [1.165, 1.54) is 0 Å². The first-order valence-corrected chi connectivity index (χ1v) is 7.67. The molecule has 0 N–H and O–H groups in total. The molecular formula is C16H16N2O2S. The number of rotatable bonds is 6. The van der Waals surface area contributed by atoms with Gasteiger partial charge in [0.15, 0.2) is 5.16 Å². The predicted octanol–water partition coefficient (Wildman–Crippen LogP) is 3.51. The Morgan fingerprint density at radius 2 is 1.90 bits per heavy atom. The molecule has 5 heteroatoms. The molecule has 0 atom stereocenters. The van der Waals surface area contributed by atoms with Crippen molar-refractivity contribution in [2.45, 2.75) is 5.16 Å². The van der Waals surface area contributed by atoms with Gasteiger partial charge in [0.1, 0.15) is 11.5 Å². The fourth-order valence-corrected chi connectivity index (χ4v) is 2.77. The van der Waals surface area contributed by atoms with Crippen LogP contribution in [-0.4, -0.2) is 28.9 Å². The summed E-state index contributed by atoms with van der Waals surface area (Å²) in [5.41, 5.74) is 1.11. The number of fused-ring (bicyclic) bond motifs is 1. The van der Waals surface area contributed by atoms with Gasteiger partial charge >= 0.3 is 0 Å². The molecule has 2 heterocycles. The van der Waals surface area contributed by atoms with Crippen LogP contribution in [0.25, 0.3) is 5.52 Å². The first-order chi connectivity index (χ1) is 10.4. The molecule has 0 spiro atoms. The van der Waals surface area contributed by atoms with Crippen molar-refractivity contribution in [3.8, 4) is 11.5 Å². The number of ether oxygens (including phenoxy) is 2. The molecule has 0 saturated carbocycles. The van der Waals surface area contributed by atoms with E-state index in [4.69, 9.17) is 9.47 Å². The number of hydrogen-bond donors (Lipinski definition) is 0. The van der Waals surface area contributed by atoms with E-state index in [1.807, 2.05) is 54.9 Å². The Balaban J connectivity index is 1.51. The van der Waals surface area contributed by atoms with Gasteiger partial charge in [-0.2, -0.15) is 0 Å². The molecule has 0 radical (unpaired) electrons. The minimum absolute atomic E-state index is 0.638. The average Bonchev–Trinajstić information content (AvgIpc) is 2.95. The number of thioether (sulfide) groups is 1. The second-order valence-electron chi connectivity index (χ2n) is 4.41. The summed E-state index contributed by atoms with van der Waals surface area (Å²) in [7, 11) is 1.65. The van der Waals surface area contributed by atoms with Gasteiger partial charge in [-0.3, -0.25) is 4.40 Å². The Hall–Kier alpha value is -2.14. The number of benzene rings is 1. The highest BCUT2D eigenvalue weighted by molar-refractivity contribution is 7.99. The Labute approximate surface area is 127 Å². The highest BCUT2D eigenvalue weighted by Gasteiger charge is 2.03. The van der Waals surface area contributed by atoms with Crippen molar-refractivity contribution < 1.29 is 9.47 Å². The second kappa shape index (κ2) is 6.54. The monoisotopic (exact) mass is 300 g/mol. The Morgan fingerprint density at radius 3 is 2.71 bits per heavy atom. The van der Waals surface area contributed by atoms with Crippen molar-refractivity contribution in [2.24, 2.45) is 0 Å². The lowest BCUT2D eigenvalue weighted by atomic mass is 10.3. The first-order valence-electron chi connectivity index (χ1n) is 6.68. The number of aromatic nitrogens is 2. The van der Waals surface area contributed by atoms with Gasteiger partial charge < -0.3 is 9.47 Å².